The van der Waals surface area contributed by atoms with Gasteiger partial charge < -0.3 is 5.11 Å². The van der Waals surface area contributed by atoms with E-state index in [4.69, 9.17) is 0 Å². The van der Waals surface area contributed by atoms with E-state index in [-0.39, 0.29) is 5.75 Å². The molecule has 0 atom stereocenters. The largest absolute Gasteiger partial charge is 0.506 e. The third-order valence-corrected chi connectivity index (χ3v) is 1.94. The highest BCUT2D eigenvalue weighted by Gasteiger charge is 2.04. The predicted molar refractivity (Wildman–Crippen MR) is 53.9 cm³/mol. The lowest BCUT2D eigenvalue weighted by Crippen LogP contribution is -1.87. The van der Waals surface area contributed by atoms with Crippen molar-refractivity contribution in [2.24, 2.45) is 0 Å². The Kier molecular flexibility index (Phi) is 2.14. The second kappa shape index (κ2) is 3.46. The maximum atomic E-state index is 9.53. The molecule has 3 nitrogen and oxygen atoms in total. The van der Waals surface area contributed by atoms with E-state index in [0.717, 1.165) is 5.56 Å². The second-order valence-corrected chi connectivity index (χ2v) is 3.09. The van der Waals surface area contributed by atoms with Gasteiger partial charge in [-0.3, -0.25) is 9.97 Å². The van der Waals surface area contributed by atoms with Crippen molar-refractivity contribution in [1.29, 1.82) is 0 Å². The Bertz CT molecular complexity index is 437. The molecule has 0 aliphatic rings. The van der Waals surface area contributed by atoms with Crippen molar-refractivity contribution in [1.82, 2.24) is 9.97 Å². The Hall–Kier alpha value is -1.90. The molecule has 2 rings (SSSR count). The number of pyridine rings is 2. The third-order valence-electron chi connectivity index (χ3n) is 1.94. The Morgan fingerprint density at radius 2 is 2.00 bits per heavy atom. The topological polar surface area (TPSA) is 46.0 Å². The lowest BCUT2D eigenvalue weighted by Gasteiger charge is -2.01. The lowest BCUT2D eigenvalue weighted by atomic mass is 10.2. The fourth-order valence-corrected chi connectivity index (χ4v) is 1.20. The van der Waals surface area contributed by atoms with Crippen LogP contribution in [-0.2, 0) is 0 Å². The summed E-state index contributed by atoms with van der Waals surface area (Å²) < 4.78 is 0. The summed E-state index contributed by atoms with van der Waals surface area (Å²) in [6.07, 6.45) is 3.39. The molecular formula is C11H10N2O. The molecule has 0 saturated carbocycles. The first-order chi connectivity index (χ1) is 6.77. The minimum atomic E-state index is 0.156. The number of aromatic nitrogens is 2. The molecule has 0 aromatic carbocycles. The molecule has 1 N–H and O–H groups in total. The molecule has 0 amide bonds. The first-order valence-electron chi connectivity index (χ1n) is 4.34. The highest BCUT2D eigenvalue weighted by atomic mass is 16.3. The number of nitrogens with zero attached hydrogens (tertiary/aromatic N) is 2. The maximum absolute atomic E-state index is 9.53. The van der Waals surface area contributed by atoms with Crippen LogP contribution in [0.3, 0.4) is 0 Å². The highest BCUT2D eigenvalue weighted by molar-refractivity contribution is 5.61. The van der Waals surface area contributed by atoms with Gasteiger partial charge in [-0.2, -0.15) is 0 Å². The van der Waals surface area contributed by atoms with E-state index >= 15 is 0 Å². The number of aromatic hydroxyl groups is 1. The van der Waals surface area contributed by atoms with Gasteiger partial charge in [0.2, 0.25) is 0 Å². The quantitative estimate of drug-likeness (QED) is 0.742. The Labute approximate surface area is 82.1 Å². The van der Waals surface area contributed by atoms with Gasteiger partial charge in [0, 0.05) is 12.4 Å². The van der Waals surface area contributed by atoms with E-state index in [1.54, 1.807) is 24.5 Å². The molecule has 0 aliphatic carbocycles. The fraction of sp³-hybridized carbons (Fsp3) is 0.0909. The van der Waals surface area contributed by atoms with Crippen molar-refractivity contribution in [3.05, 3.63) is 42.2 Å². The van der Waals surface area contributed by atoms with Crippen LogP contribution in [0.5, 0.6) is 5.75 Å². The standard InChI is InChI=1S/C11H10N2O/c1-8-4-5-9(13-7-8)11-10(14)3-2-6-12-11/h2-7,14H,1H3. The van der Waals surface area contributed by atoms with Crippen LogP contribution < -0.4 is 0 Å². The number of rotatable bonds is 1. The molecule has 2 aromatic rings. The van der Waals surface area contributed by atoms with E-state index < -0.39 is 0 Å². The molecular weight excluding hydrogens is 176 g/mol. The SMILES string of the molecule is Cc1ccc(-c2ncccc2O)nc1. The van der Waals surface area contributed by atoms with Gasteiger partial charge in [0.1, 0.15) is 11.4 Å². The average Bonchev–Trinajstić information content (AvgIpc) is 2.20. The molecule has 0 fully saturated rings. The molecule has 0 unspecified atom stereocenters. The molecule has 2 aromatic heterocycles. The smallest absolute Gasteiger partial charge is 0.143 e. The van der Waals surface area contributed by atoms with Crippen molar-refractivity contribution in [3.8, 4) is 17.1 Å². The number of hydrogen-bond acceptors (Lipinski definition) is 3. The Morgan fingerprint density at radius 3 is 2.64 bits per heavy atom. The van der Waals surface area contributed by atoms with Crippen LogP contribution in [0, 0.1) is 6.92 Å². The van der Waals surface area contributed by atoms with Crippen molar-refractivity contribution in [2.75, 3.05) is 0 Å². The van der Waals surface area contributed by atoms with Gasteiger partial charge in [0.05, 0.1) is 5.69 Å². The summed E-state index contributed by atoms with van der Waals surface area (Å²) in [5.74, 6) is 0.156. The van der Waals surface area contributed by atoms with E-state index in [2.05, 4.69) is 9.97 Å². The fourth-order valence-electron chi connectivity index (χ4n) is 1.20. The molecule has 70 valence electrons. The Morgan fingerprint density at radius 1 is 1.14 bits per heavy atom. The molecule has 0 saturated heterocycles. The van der Waals surface area contributed by atoms with E-state index in [1.807, 2.05) is 19.1 Å². The van der Waals surface area contributed by atoms with Crippen LogP contribution in [0.2, 0.25) is 0 Å². The first-order valence-corrected chi connectivity index (χ1v) is 4.34. The van der Waals surface area contributed by atoms with Crippen LogP contribution in [0.15, 0.2) is 36.7 Å². The van der Waals surface area contributed by atoms with Gasteiger partial charge in [0.25, 0.3) is 0 Å². The van der Waals surface area contributed by atoms with Crippen LogP contribution in [0.4, 0.5) is 0 Å². The van der Waals surface area contributed by atoms with Crippen molar-refractivity contribution >= 4 is 0 Å². The molecule has 0 aliphatic heterocycles. The van der Waals surface area contributed by atoms with E-state index in [9.17, 15) is 5.11 Å². The summed E-state index contributed by atoms with van der Waals surface area (Å²) in [6.45, 7) is 1.97. The molecule has 14 heavy (non-hydrogen) atoms. The average molecular weight is 186 g/mol. The normalized spacial score (nSPS) is 10.1. The minimum Gasteiger partial charge on any atom is -0.506 e. The molecule has 0 spiro atoms. The maximum Gasteiger partial charge on any atom is 0.143 e. The zero-order valence-corrected chi connectivity index (χ0v) is 7.81. The lowest BCUT2D eigenvalue weighted by molar-refractivity contribution is 0.475. The van der Waals surface area contributed by atoms with Gasteiger partial charge in [0.15, 0.2) is 0 Å². The minimum absolute atomic E-state index is 0.156. The summed E-state index contributed by atoms with van der Waals surface area (Å²) in [6, 6.07) is 7.07. The third kappa shape index (κ3) is 1.57. The van der Waals surface area contributed by atoms with Gasteiger partial charge in [-0.15, -0.1) is 0 Å². The zero-order valence-electron chi connectivity index (χ0n) is 7.81. The van der Waals surface area contributed by atoms with Crippen LogP contribution in [0.25, 0.3) is 11.4 Å². The summed E-state index contributed by atoms with van der Waals surface area (Å²) in [4.78, 5) is 8.25. The second-order valence-electron chi connectivity index (χ2n) is 3.09. The van der Waals surface area contributed by atoms with Crippen LogP contribution in [-0.4, -0.2) is 15.1 Å². The van der Waals surface area contributed by atoms with E-state index in [1.165, 1.54) is 0 Å². The summed E-state index contributed by atoms with van der Waals surface area (Å²) in [5.41, 5.74) is 2.30. The van der Waals surface area contributed by atoms with Crippen LogP contribution in [0.1, 0.15) is 5.56 Å². The molecule has 2 heterocycles. The first kappa shape index (κ1) is 8.69. The van der Waals surface area contributed by atoms with Crippen molar-refractivity contribution in [3.63, 3.8) is 0 Å². The molecule has 0 radical (unpaired) electrons. The number of hydrogen-bond donors (Lipinski definition) is 1. The summed E-state index contributed by atoms with van der Waals surface area (Å²) in [7, 11) is 0. The zero-order chi connectivity index (χ0) is 9.97. The molecule has 3 heteroatoms. The van der Waals surface area contributed by atoms with Crippen molar-refractivity contribution in [2.45, 2.75) is 6.92 Å². The van der Waals surface area contributed by atoms with Crippen LogP contribution >= 0.6 is 0 Å². The number of aryl methyl sites for hydroxylation is 1. The summed E-state index contributed by atoms with van der Waals surface area (Å²) in [5, 5.41) is 9.53. The monoisotopic (exact) mass is 186 g/mol. The summed E-state index contributed by atoms with van der Waals surface area (Å²) >= 11 is 0. The highest BCUT2D eigenvalue weighted by Crippen LogP contribution is 2.23. The Balaban J connectivity index is 2.50. The predicted octanol–water partition coefficient (Wildman–Crippen LogP) is 2.16. The van der Waals surface area contributed by atoms with Gasteiger partial charge in [-0.25, -0.2) is 0 Å². The van der Waals surface area contributed by atoms with Gasteiger partial charge in [-0.05, 0) is 30.7 Å². The molecule has 0 bridgehead atoms. The van der Waals surface area contributed by atoms with Gasteiger partial charge >= 0.3 is 0 Å². The van der Waals surface area contributed by atoms with E-state index in [0.29, 0.717) is 11.4 Å². The van der Waals surface area contributed by atoms with Gasteiger partial charge in [-0.1, -0.05) is 6.07 Å². The van der Waals surface area contributed by atoms with Crippen molar-refractivity contribution < 1.29 is 5.11 Å².